The Balaban J connectivity index is 1.99. The van der Waals surface area contributed by atoms with Gasteiger partial charge in [0.15, 0.2) is 0 Å². The molecule has 2 rings (SSSR count). The highest BCUT2D eigenvalue weighted by Crippen LogP contribution is 2.40. The molecule has 1 aliphatic carbocycles. The molecule has 118 valence electrons. The summed E-state index contributed by atoms with van der Waals surface area (Å²) in [7, 11) is 3.09. The molecule has 6 nitrogen and oxygen atoms in total. The molecule has 0 bridgehead atoms. The maximum Gasteiger partial charge on any atom is 0.229 e. The minimum Gasteiger partial charge on any atom is -0.481 e. The molecule has 6 heteroatoms. The lowest BCUT2D eigenvalue weighted by molar-refractivity contribution is -0.0146. The zero-order valence-corrected chi connectivity index (χ0v) is 13.3. The number of hydrogen-bond donors (Lipinski definition) is 2. The van der Waals surface area contributed by atoms with Gasteiger partial charge in [-0.1, -0.05) is 13.8 Å². The fourth-order valence-corrected chi connectivity index (χ4v) is 2.50. The van der Waals surface area contributed by atoms with Crippen molar-refractivity contribution >= 4 is 5.95 Å². The van der Waals surface area contributed by atoms with Crippen LogP contribution in [0.3, 0.4) is 0 Å². The first-order chi connectivity index (χ1) is 9.86. The molecule has 0 spiro atoms. The summed E-state index contributed by atoms with van der Waals surface area (Å²) < 4.78 is 10.2. The smallest absolute Gasteiger partial charge is 0.229 e. The van der Waals surface area contributed by atoms with Crippen molar-refractivity contribution in [2.24, 2.45) is 5.41 Å². The van der Waals surface area contributed by atoms with Gasteiger partial charge in [0, 0.05) is 6.54 Å². The Labute approximate surface area is 125 Å². The van der Waals surface area contributed by atoms with Crippen molar-refractivity contribution in [2.45, 2.75) is 45.1 Å². The largest absolute Gasteiger partial charge is 0.481 e. The molecule has 0 atom stereocenters. The van der Waals surface area contributed by atoms with Gasteiger partial charge in [0.05, 0.1) is 25.9 Å². The second kappa shape index (κ2) is 6.05. The van der Waals surface area contributed by atoms with Crippen LogP contribution in [0.1, 0.15) is 39.5 Å². The van der Waals surface area contributed by atoms with E-state index in [4.69, 9.17) is 9.47 Å². The molecule has 1 aromatic rings. The number of rotatable bonds is 5. The minimum absolute atomic E-state index is 0.321. The summed E-state index contributed by atoms with van der Waals surface area (Å²) in [5, 5.41) is 13.7. The average molecular weight is 295 g/mol. The van der Waals surface area contributed by atoms with Gasteiger partial charge in [-0.15, -0.1) is 0 Å². The van der Waals surface area contributed by atoms with Gasteiger partial charge in [-0.25, -0.2) is 0 Å². The summed E-state index contributed by atoms with van der Waals surface area (Å²) in [5.74, 6) is 1.27. The van der Waals surface area contributed by atoms with Gasteiger partial charge in [-0.3, -0.25) is 0 Å². The molecule has 1 saturated carbocycles. The summed E-state index contributed by atoms with van der Waals surface area (Å²) in [5.41, 5.74) is -0.378. The number of methoxy groups -OCH3 is 2. The summed E-state index contributed by atoms with van der Waals surface area (Å²) in [6, 6.07) is 1.61. The fraction of sp³-hybridized carbons (Fsp3) is 0.733. The highest BCUT2D eigenvalue weighted by atomic mass is 16.5. The van der Waals surface area contributed by atoms with E-state index in [-0.39, 0.29) is 0 Å². The molecule has 0 aliphatic heterocycles. The molecule has 0 saturated heterocycles. The van der Waals surface area contributed by atoms with Crippen molar-refractivity contribution in [1.29, 1.82) is 0 Å². The zero-order valence-electron chi connectivity index (χ0n) is 13.3. The van der Waals surface area contributed by atoms with E-state index in [1.807, 2.05) is 0 Å². The topological polar surface area (TPSA) is 76.5 Å². The molecule has 0 radical (unpaired) electrons. The van der Waals surface area contributed by atoms with E-state index in [1.165, 1.54) is 0 Å². The van der Waals surface area contributed by atoms with Crippen LogP contribution in [0.15, 0.2) is 6.07 Å². The van der Waals surface area contributed by atoms with Crippen LogP contribution >= 0.6 is 0 Å². The van der Waals surface area contributed by atoms with Gasteiger partial charge >= 0.3 is 0 Å². The van der Waals surface area contributed by atoms with Gasteiger partial charge in [0.1, 0.15) is 0 Å². The molecule has 1 aliphatic rings. The van der Waals surface area contributed by atoms with Gasteiger partial charge in [0.2, 0.25) is 17.7 Å². The number of aliphatic hydroxyl groups is 1. The third-order valence-corrected chi connectivity index (χ3v) is 4.21. The molecular weight excluding hydrogens is 270 g/mol. The Bertz CT molecular complexity index is 459. The first-order valence-corrected chi connectivity index (χ1v) is 7.29. The molecule has 0 aromatic carbocycles. The van der Waals surface area contributed by atoms with Crippen LogP contribution in [0.4, 0.5) is 5.95 Å². The van der Waals surface area contributed by atoms with Crippen LogP contribution in [0.25, 0.3) is 0 Å². The Morgan fingerprint density at radius 1 is 1.10 bits per heavy atom. The second-order valence-corrected chi connectivity index (χ2v) is 6.52. The number of anilines is 1. The van der Waals surface area contributed by atoms with E-state index in [9.17, 15) is 5.11 Å². The van der Waals surface area contributed by atoms with Crippen molar-refractivity contribution in [1.82, 2.24) is 9.97 Å². The van der Waals surface area contributed by atoms with Crippen molar-refractivity contribution in [2.75, 3.05) is 26.1 Å². The number of nitrogens with zero attached hydrogens (tertiary/aromatic N) is 2. The molecule has 1 aromatic heterocycles. The van der Waals surface area contributed by atoms with Gasteiger partial charge in [-0.05, 0) is 31.1 Å². The van der Waals surface area contributed by atoms with E-state index in [0.29, 0.717) is 29.7 Å². The predicted octanol–water partition coefficient (Wildman–Crippen LogP) is 2.24. The van der Waals surface area contributed by atoms with Gasteiger partial charge < -0.3 is 19.9 Å². The summed E-state index contributed by atoms with van der Waals surface area (Å²) in [6.07, 6.45) is 3.61. The van der Waals surface area contributed by atoms with Crippen LogP contribution < -0.4 is 14.8 Å². The lowest BCUT2D eigenvalue weighted by atomic mass is 9.71. The number of ether oxygens (including phenoxy) is 2. The van der Waals surface area contributed by atoms with Crippen molar-refractivity contribution in [3.63, 3.8) is 0 Å². The standard InChI is InChI=1S/C15H25N3O3/c1-14(2)5-7-15(19,8-6-14)10-16-13-17-11(20-3)9-12(18-13)21-4/h9,19H,5-8,10H2,1-4H3,(H,16,17,18). The Hall–Kier alpha value is -1.56. The first-order valence-electron chi connectivity index (χ1n) is 7.29. The van der Waals surface area contributed by atoms with Crippen molar-refractivity contribution < 1.29 is 14.6 Å². The normalized spacial score (nSPS) is 19.9. The third kappa shape index (κ3) is 4.20. The van der Waals surface area contributed by atoms with E-state index in [1.54, 1.807) is 20.3 Å². The maximum absolute atomic E-state index is 10.6. The molecule has 1 fully saturated rings. The molecular formula is C15H25N3O3. The second-order valence-electron chi connectivity index (χ2n) is 6.52. The lowest BCUT2D eigenvalue weighted by Gasteiger charge is -2.40. The SMILES string of the molecule is COc1cc(OC)nc(NCC2(O)CCC(C)(C)CC2)n1. The maximum atomic E-state index is 10.6. The van der Waals surface area contributed by atoms with E-state index >= 15 is 0 Å². The number of nitrogens with one attached hydrogen (secondary N) is 1. The highest BCUT2D eigenvalue weighted by molar-refractivity contribution is 5.34. The van der Waals surface area contributed by atoms with Crippen molar-refractivity contribution in [3.05, 3.63) is 6.07 Å². The molecule has 21 heavy (non-hydrogen) atoms. The van der Waals surface area contributed by atoms with Crippen LogP contribution in [-0.4, -0.2) is 41.4 Å². The van der Waals surface area contributed by atoms with Crippen molar-refractivity contribution in [3.8, 4) is 11.8 Å². The van der Waals surface area contributed by atoms with Crippen LogP contribution in [0, 0.1) is 5.41 Å². The van der Waals surface area contributed by atoms with Gasteiger partial charge in [-0.2, -0.15) is 9.97 Å². The molecule has 0 amide bonds. The Morgan fingerprint density at radius 3 is 2.10 bits per heavy atom. The third-order valence-electron chi connectivity index (χ3n) is 4.21. The summed E-state index contributed by atoms with van der Waals surface area (Å²) in [6.45, 7) is 4.92. The minimum atomic E-state index is -0.699. The van der Waals surface area contributed by atoms with E-state index < -0.39 is 5.60 Å². The number of aromatic nitrogens is 2. The Kier molecular flexibility index (Phi) is 4.56. The first kappa shape index (κ1) is 15.8. The summed E-state index contributed by atoms with van der Waals surface area (Å²) in [4.78, 5) is 8.42. The number of hydrogen-bond acceptors (Lipinski definition) is 6. The predicted molar refractivity (Wildman–Crippen MR) is 80.8 cm³/mol. The van der Waals surface area contributed by atoms with E-state index in [2.05, 4.69) is 29.1 Å². The lowest BCUT2D eigenvalue weighted by Crippen LogP contribution is -2.42. The van der Waals surface area contributed by atoms with Crippen LogP contribution in [0.2, 0.25) is 0 Å². The quantitative estimate of drug-likeness (QED) is 0.867. The van der Waals surface area contributed by atoms with Gasteiger partial charge in [0.25, 0.3) is 0 Å². The van der Waals surface area contributed by atoms with Crippen LogP contribution in [0.5, 0.6) is 11.8 Å². The highest BCUT2D eigenvalue weighted by Gasteiger charge is 2.36. The molecule has 1 heterocycles. The molecule has 0 unspecified atom stereocenters. The Morgan fingerprint density at radius 2 is 1.62 bits per heavy atom. The fourth-order valence-electron chi connectivity index (χ4n) is 2.50. The average Bonchev–Trinajstić information content (AvgIpc) is 2.48. The van der Waals surface area contributed by atoms with E-state index in [0.717, 1.165) is 25.7 Å². The van der Waals surface area contributed by atoms with Crippen LogP contribution in [-0.2, 0) is 0 Å². The zero-order chi connectivity index (χ0) is 15.5. The monoisotopic (exact) mass is 295 g/mol. The molecule has 2 N–H and O–H groups in total. The summed E-state index contributed by atoms with van der Waals surface area (Å²) >= 11 is 0.